The Morgan fingerprint density at radius 2 is 1.95 bits per heavy atom. The van der Waals surface area contributed by atoms with Crippen molar-refractivity contribution < 1.29 is 4.74 Å². The van der Waals surface area contributed by atoms with Crippen LogP contribution in [-0.2, 0) is 0 Å². The Kier molecular flexibility index (Phi) is 2.73. The number of halogens is 1. The van der Waals surface area contributed by atoms with Gasteiger partial charge in [0.25, 0.3) is 0 Å². The van der Waals surface area contributed by atoms with Crippen molar-refractivity contribution in [2.45, 2.75) is 0 Å². The second kappa shape index (κ2) is 4.42. The van der Waals surface area contributed by atoms with Crippen LogP contribution in [0.5, 0.6) is 5.75 Å². The third kappa shape index (κ3) is 1.69. The Morgan fingerprint density at radius 3 is 2.68 bits per heavy atom. The second-order valence-electron chi connectivity index (χ2n) is 4.11. The number of benzene rings is 2. The summed E-state index contributed by atoms with van der Waals surface area (Å²) in [5, 5.41) is 12.1. The molecule has 2 aromatic carbocycles. The number of rotatable bonds is 1. The summed E-state index contributed by atoms with van der Waals surface area (Å²) in [6.45, 7) is 0. The van der Waals surface area contributed by atoms with Gasteiger partial charge in [-0.15, -0.1) is 0 Å². The molecule has 0 fully saturated rings. The summed E-state index contributed by atoms with van der Waals surface area (Å²) in [6, 6.07) is 11.6. The number of fused-ring (bicyclic) bond motifs is 3. The number of pyridine rings is 1. The molecule has 3 nitrogen and oxygen atoms in total. The van der Waals surface area contributed by atoms with E-state index in [1.807, 2.05) is 36.4 Å². The fourth-order valence-electron chi connectivity index (χ4n) is 2.22. The number of nitrogens with zero attached hydrogens (tertiary/aromatic N) is 2. The van der Waals surface area contributed by atoms with Gasteiger partial charge in [-0.3, -0.25) is 4.98 Å². The first-order valence-corrected chi connectivity index (χ1v) is 6.08. The van der Waals surface area contributed by atoms with Gasteiger partial charge in [0.15, 0.2) is 0 Å². The summed E-state index contributed by atoms with van der Waals surface area (Å²) >= 11 is 6.22. The van der Waals surface area contributed by atoms with Gasteiger partial charge >= 0.3 is 0 Å². The van der Waals surface area contributed by atoms with E-state index < -0.39 is 0 Å². The van der Waals surface area contributed by atoms with Gasteiger partial charge in [0.05, 0.1) is 23.2 Å². The minimum atomic E-state index is 0.386. The fourth-order valence-corrected chi connectivity index (χ4v) is 2.46. The summed E-state index contributed by atoms with van der Waals surface area (Å²) in [7, 11) is 1.64. The molecule has 0 spiro atoms. The van der Waals surface area contributed by atoms with Crippen LogP contribution < -0.4 is 4.74 Å². The molecule has 0 saturated carbocycles. The van der Waals surface area contributed by atoms with Crippen molar-refractivity contribution in [1.82, 2.24) is 4.98 Å². The Labute approximate surface area is 115 Å². The summed E-state index contributed by atoms with van der Waals surface area (Å²) in [5.41, 5.74) is 1.16. The van der Waals surface area contributed by atoms with Crippen molar-refractivity contribution in [3.05, 3.63) is 47.1 Å². The minimum Gasteiger partial charge on any atom is -0.496 e. The molecule has 0 N–H and O–H groups in total. The van der Waals surface area contributed by atoms with Gasteiger partial charge in [-0.05, 0) is 12.1 Å². The molecule has 4 heteroatoms. The zero-order valence-electron chi connectivity index (χ0n) is 10.1. The molecule has 92 valence electrons. The van der Waals surface area contributed by atoms with Crippen LogP contribution in [-0.4, -0.2) is 12.1 Å². The standard InChI is InChI=1S/C15H9ClN2O/c1-19-13-4-2-3-11-10(13)5-6-12-14(16)9(7-17)8-18-15(11)12/h2-6,8H,1H3. The Morgan fingerprint density at radius 1 is 1.16 bits per heavy atom. The van der Waals surface area contributed by atoms with Crippen LogP contribution in [0.1, 0.15) is 5.56 Å². The van der Waals surface area contributed by atoms with Crippen molar-refractivity contribution in [1.29, 1.82) is 5.26 Å². The smallest absolute Gasteiger partial charge is 0.126 e. The number of hydrogen-bond acceptors (Lipinski definition) is 3. The molecule has 0 atom stereocenters. The van der Waals surface area contributed by atoms with E-state index in [-0.39, 0.29) is 0 Å². The van der Waals surface area contributed by atoms with Gasteiger partial charge in [-0.25, -0.2) is 0 Å². The quantitative estimate of drug-likeness (QED) is 0.628. The van der Waals surface area contributed by atoms with Crippen LogP contribution in [0.4, 0.5) is 0 Å². The maximum atomic E-state index is 8.98. The molecule has 0 amide bonds. The molecular formula is C15H9ClN2O. The zero-order chi connectivity index (χ0) is 13.4. The highest BCUT2D eigenvalue weighted by molar-refractivity contribution is 6.37. The van der Waals surface area contributed by atoms with Crippen LogP contribution in [0.2, 0.25) is 5.02 Å². The predicted octanol–water partition coefficient (Wildman–Crippen LogP) is 3.92. The van der Waals surface area contributed by atoms with E-state index in [9.17, 15) is 0 Å². The first-order chi connectivity index (χ1) is 9.26. The van der Waals surface area contributed by atoms with Gasteiger partial charge < -0.3 is 4.74 Å². The average molecular weight is 269 g/mol. The highest BCUT2D eigenvalue weighted by Crippen LogP contribution is 2.34. The SMILES string of the molecule is COc1cccc2c1ccc1c(Cl)c(C#N)cnc12. The van der Waals surface area contributed by atoms with Crippen LogP contribution >= 0.6 is 11.6 Å². The molecule has 0 aliphatic heterocycles. The molecule has 0 saturated heterocycles. The van der Waals surface area contributed by atoms with E-state index in [0.717, 1.165) is 27.4 Å². The van der Waals surface area contributed by atoms with E-state index >= 15 is 0 Å². The highest BCUT2D eigenvalue weighted by Gasteiger charge is 2.10. The lowest BCUT2D eigenvalue weighted by Gasteiger charge is -2.08. The van der Waals surface area contributed by atoms with Gasteiger partial charge in [-0.2, -0.15) is 5.26 Å². The minimum absolute atomic E-state index is 0.386. The molecule has 3 aromatic rings. The number of nitriles is 1. The molecule has 0 radical (unpaired) electrons. The Balaban J connectivity index is 2.49. The molecule has 3 rings (SSSR count). The topological polar surface area (TPSA) is 45.9 Å². The normalized spacial score (nSPS) is 10.6. The largest absolute Gasteiger partial charge is 0.496 e. The zero-order valence-corrected chi connectivity index (χ0v) is 10.9. The first kappa shape index (κ1) is 11.8. The summed E-state index contributed by atoms with van der Waals surface area (Å²) in [5.74, 6) is 0.793. The van der Waals surface area contributed by atoms with Crippen molar-refractivity contribution in [3.8, 4) is 11.8 Å². The molecule has 1 heterocycles. The summed E-state index contributed by atoms with van der Waals surface area (Å²) in [4.78, 5) is 4.35. The van der Waals surface area contributed by atoms with Crippen LogP contribution in [0.15, 0.2) is 36.5 Å². The van der Waals surface area contributed by atoms with E-state index in [1.54, 1.807) is 7.11 Å². The monoisotopic (exact) mass is 268 g/mol. The lowest BCUT2D eigenvalue weighted by Crippen LogP contribution is -1.89. The average Bonchev–Trinajstić information content (AvgIpc) is 2.46. The molecule has 0 aliphatic rings. The van der Waals surface area contributed by atoms with E-state index in [2.05, 4.69) is 4.98 Å². The summed E-state index contributed by atoms with van der Waals surface area (Å²) < 4.78 is 5.34. The van der Waals surface area contributed by atoms with E-state index in [4.69, 9.17) is 21.6 Å². The maximum Gasteiger partial charge on any atom is 0.126 e. The Bertz CT molecular complexity index is 837. The number of methoxy groups -OCH3 is 1. The molecular weight excluding hydrogens is 260 g/mol. The number of aromatic nitrogens is 1. The van der Waals surface area contributed by atoms with Crippen LogP contribution in [0.3, 0.4) is 0 Å². The third-order valence-corrected chi connectivity index (χ3v) is 3.54. The lowest BCUT2D eigenvalue weighted by molar-refractivity contribution is 0.420. The first-order valence-electron chi connectivity index (χ1n) is 5.70. The molecule has 19 heavy (non-hydrogen) atoms. The van der Waals surface area contributed by atoms with Gasteiger partial charge in [-0.1, -0.05) is 29.8 Å². The second-order valence-corrected chi connectivity index (χ2v) is 4.49. The van der Waals surface area contributed by atoms with Crippen molar-refractivity contribution in [2.24, 2.45) is 0 Å². The van der Waals surface area contributed by atoms with E-state index in [0.29, 0.717) is 10.6 Å². The van der Waals surface area contributed by atoms with Gasteiger partial charge in [0.1, 0.15) is 11.8 Å². The molecule has 0 aliphatic carbocycles. The van der Waals surface area contributed by atoms with Gasteiger partial charge in [0.2, 0.25) is 0 Å². The van der Waals surface area contributed by atoms with Crippen molar-refractivity contribution in [3.63, 3.8) is 0 Å². The van der Waals surface area contributed by atoms with Crippen LogP contribution in [0, 0.1) is 11.3 Å². The Hall–Kier alpha value is -2.31. The third-order valence-electron chi connectivity index (χ3n) is 3.13. The number of hydrogen-bond donors (Lipinski definition) is 0. The maximum absolute atomic E-state index is 8.98. The van der Waals surface area contributed by atoms with Crippen molar-refractivity contribution in [2.75, 3.05) is 7.11 Å². The predicted molar refractivity (Wildman–Crippen MR) is 75.5 cm³/mol. The lowest BCUT2D eigenvalue weighted by atomic mass is 10.0. The van der Waals surface area contributed by atoms with Gasteiger partial charge in [0, 0.05) is 22.4 Å². The van der Waals surface area contributed by atoms with Crippen LogP contribution in [0.25, 0.3) is 21.7 Å². The van der Waals surface area contributed by atoms with E-state index in [1.165, 1.54) is 6.20 Å². The number of ether oxygens (including phenoxy) is 1. The summed E-state index contributed by atoms with van der Waals surface area (Å²) in [6.07, 6.45) is 1.50. The fraction of sp³-hybridized carbons (Fsp3) is 0.0667. The molecule has 0 bridgehead atoms. The molecule has 1 aromatic heterocycles. The highest BCUT2D eigenvalue weighted by atomic mass is 35.5. The van der Waals surface area contributed by atoms with Crippen molar-refractivity contribution >= 4 is 33.3 Å². The molecule has 0 unspecified atom stereocenters.